The second kappa shape index (κ2) is 5.59. The molecule has 0 fully saturated rings. The van der Waals surface area contributed by atoms with E-state index in [2.05, 4.69) is 10.1 Å². The van der Waals surface area contributed by atoms with Crippen LogP contribution in [-0.4, -0.2) is 31.1 Å². The van der Waals surface area contributed by atoms with Gasteiger partial charge in [0.2, 0.25) is 5.91 Å². The molecule has 0 aliphatic heterocycles. The molecular formula is C9H18N2O3. The second-order valence-electron chi connectivity index (χ2n) is 3.52. The van der Waals surface area contributed by atoms with Crippen molar-refractivity contribution < 1.29 is 14.3 Å². The topological polar surface area (TPSA) is 81.4 Å². The molecule has 0 heterocycles. The number of rotatable bonds is 4. The number of hydrogen-bond acceptors (Lipinski definition) is 4. The van der Waals surface area contributed by atoms with E-state index in [9.17, 15) is 9.59 Å². The van der Waals surface area contributed by atoms with Gasteiger partial charge in [0.15, 0.2) is 0 Å². The lowest BCUT2D eigenvalue weighted by Crippen LogP contribution is -2.49. The van der Waals surface area contributed by atoms with Gasteiger partial charge in [-0.25, -0.2) is 4.79 Å². The zero-order valence-electron chi connectivity index (χ0n) is 9.03. The molecule has 2 atom stereocenters. The lowest BCUT2D eigenvalue weighted by molar-refractivity contribution is -0.144. The van der Waals surface area contributed by atoms with Crippen LogP contribution in [0, 0.1) is 5.92 Å². The quantitative estimate of drug-likeness (QED) is 0.610. The van der Waals surface area contributed by atoms with Crippen LogP contribution in [0.1, 0.15) is 20.8 Å². The maximum absolute atomic E-state index is 11.4. The van der Waals surface area contributed by atoms with Gasteiger partial charge in [0, 0.05) is 0 Å². The SMILES string of the molecule is COC(=O)[C@@H](C)NC(=O)[C@@H](N)C(C)C. The highest BCUT2D eigenvalue weighted by atomic mass is 16.5. The predicted molar refractivity (Wildman–Crippen MR) is 52.4 cm³/mol. The number of carbonyl (C=O) groups excluding carboxylic acids is 2. The Labute approximate surface area is 84.0 Å². The fourth-order valence-corrected chi connectivity index (χ4v) is 0.848. The molecular weight excluding hydrogens is 184 g/mol. The average molecular weight is 202 g/mol. The summed E-state index contributed by atoms with van der Waals surface area (Å²) in [6.45, 7) is 5.23. The van der Waals surface area contributed by atoms with E-state index in [1.807, 2.05) is 13.8 Å². The van der Waals surface area contributed by atoms with Crippen LogP contribution in [0.4, 0.5) is 0 Å². The van der Waals surface area contributed by atoms with Crippen LogP contribution in [0.15, 0.2) is 0 Å². The highest BCUT2D eigenvalue weighted by Gasteiger charge is 2.22. The fraction of sp³-hybridized carbons (Fsp3) is 0.778. The van der Waals surface area contributed by atoms with Gasteiger partial charge in [0.05, 0.1) is 13.2 Å². The zero-order chi connectivity index (χ0) is 11.3. The van der Waals surface area contributed by atoms with Crippen LogP contribution in [0.5, 0.6) is 0 Å². The third-order valence-corrected chi connectivity index (χ3v) is 1.93. The van der Waals surface area contributed by atoms with E-state index in [0.29, 0.717) is 0 Å². The van der Waals surface area contributed by atoms with Crippen molar-refractivity contribution in [3.05, 3.63) is 0 Å². The molecule has 82 valence electrons. The highest BCUT2D eigenvalue weighted by Crippen LogP contribution is 1.98. The monoisotopic (exact) mass is 202 g/mol. The first-order chi connectivity index (χ1) is 6.40. The number of hydrogen-bond donors (Lipinski definition) is 2. The van der Waals surface area contributed by atoms with Gasteiger partial charge >= 0.3 is 5.97 Å². The molecule has 3 N–H and O–H groups in total. The van der Waals surface area contributed by atoms with Gasteiger partial charge in [-0.2, -0.15) is 0 Å². The van der Waals surface area contributed by atoms with E-state index in [-0.39, 0.29) is 11.8 Å². The van der Waals surface area contributed by atoms with Crippen LogP contribution >= 0.6 is 0 Å². The molecule has 0 saturated carbocycles. The van der Waals surface area contributed by atoms with E-state index in [4.69, 9.17) is 5.73 Å². The lowest BCUT2D eigenvalue weighted by atomic mass is 10.0. The first-order valence-electron chi connectivity index (χ1n) is 4.54. The first kappa shape index (κ1) is 12.9. The summed E-state index contributed by atoms with van der Waals surface area (Å²) in [5.74, 6) is -0.771. The average Bonchev–Trinajstić information content (AvgIpc) is 2.14. The summed E-state index contributed by atoms with van der Waals surface area (Å²) in [6, 6.07) is -1.25. The summed E-state index contributed by atoms with van der Waals surface area (Å²) in [7, 11) is 1.27. The molecule has 14 heavy (non-hydrogen) atoms. The summed E-state index contributed by atoms with van der Waals surface area (Å²) in [5, 5.41) is 2.47. The molecule has 5 heteroatoms. The molecule has 0 saturated heterocycles. The normalized spacial score (nSPS) is 14.7. The van der Waals surface area contributed by atoms with Gasteiger partial charge in [0.1, 0.15) is 6.04 Å². The third-order valence-electron chi connectivity index (χ3n) is 1.93. The van der Waals surface area contributed by atoms with Gasteiger partial charge in [-0.05, 0) is 12.8 Å². The molecule has 0 aromatic rings. The molecule has 0 aliphatic carbocycles. The van der Waals surface area contributed by atoms with Gasteiger partial charge in [-0.15, -0.1) is 0 Å². The summed E-state index contributed by atoms with van der Waals surface area (Å²) in [6.07, 6.45) is 0. The van der Waals surface area contributed by atoms with E-state index in [0.717, 1.165) is 0 Å². The van der Waals surface area contributed by atoms with E-state index < -0.39 is 18.1 Å². The van der Waals surface area contributed by atoms with Gasteiger partial charge in [-0.3, -0.25) is 4.79 Å². The van der Waals surface area contributed by atoms with Crippen molar-refractivity contribution in [3.63, 3.8) is 0 Å². The number of amides is 1. The number of methoxy groups -OCH3 is 1. The minimum Gasteiger partial charge on any atom is -0.467 e. The van der Waals surface area contributed by atoms with Crippen molar-refractivity contribution in [2.75, 3.05) is 7.11 Å². The van der Waals surface area contributed by atoms with Crippen molar-refractivity contribution in [1.82, 2.24) is 5.32 Å². The largest absolute Gasteiger partial charge is 0.467 e. The van der Waals surface area contributed by atoms with Crippen molar-refractivity contribution in [2.24, 2.45) is 11.7 Å². The van der Waals surface area contributed by atoms with Crippen molar-refractivity contribution in [1.29, 1.82) is 0 Å². The predicted octanol–water partition coefficient (Wildman–Crippen LogP) is -0.353. The number of esters is 1. The van der Waals surface area contributed by atoms with Crippen molar-refractivity contribution >= 4 is 11.9 Å². The minimum atomic E-state index is -0.655. The van der Waals surface area contributed by atoms with Gasteiger partial charge in [-0.1, -0.05) is 13.8 Å². The lowest BCUT2D eigenvalue weighted by Gasteiger charge is -2.18. The molecule has 5 nitrogen and oxygen atoms in total. The van der Waals surface area contributed by atoms with Crippen LogP contribution < -0.4 is 11.1 Å². The molecule has 0 bridgehead atoms. The number of nitrogens with two attached hydrogens (primary N) is 1. The maximum Gasteiger partial charge on any atom is 0.328 e. The summed E-state index contributed by atoms with van der Waals surface area (Å²) < 4.78 is 4.46. The number of nitrogens with one attached hydrogen (secondary N) is 1. The Morgan fingerprint density at radius 3 is 2.14 bits per heavy atom. The number of carbonyl (C=O) groups is 2. The van der Waals surface area contributed by atoms with Gasteiger partial charge < -0.3 is 15.8 Å². The van der Waals surface area contributed by atoms with E-state index in [1.54, 1.807) is 6.92 Å². The Bertz CT molecular complexity index is 216. The Balaban J connectivity index is 4.12. The fourth-order valence-electron chi connectivity index (χ4n) is 0.848. The summed E-state index contributed by atoms with van der Waals surface area (Å²) in [4.78, 5) is 22.3. The van der Waals surface area contributed by atoms with Gasteiger partial charge in [0.25, 0.3) is 0 Å². The van der Waals surface area contributed by atoms with Crippen LogP contribution in [0.25, 0.3) is 0 Å². The molecule has 0 radical (unpaired) electrons. The summed E-state index contributed by atoms with van der Waals surface area (Å²) in [5.41, 5.74) is 5.59. The van der Waals surface area contributed by atoms with E-state index >= 15 is 0 Å². The molecule has 0 unspecified atom stereocenters. The molecule has 0 aromatic carbocycles. The molecule has 1 amide bonds. The maximum atomic E-state index is 11.4. The van der Waals surface area contributed by atoms with Crippen LogP contribution in [0.3, 0.4) is 0 Å². The highest BCUT2D eigenvalue weighted by molar-refractivity contribution is 5.87. The van der Waals surface area contributed by atoms with Crippen LogP contribution in [-0.2, 0) is 14.3 Å². The zero-order valence-corrected chi connectivity index (χ0v) is 9.03. The second-order valence-corrected chi connectivity index (χ2v) is 3.52. The molecule has 0 aromatic heterocycles. The smallest absolute Gasteiger partial charge is 0.328 e. The Morgan fingerprint density at radius 2 is 1.79 bits per heavy atom. The third kappa shape index (κ3) is 3.74. The molecule has 0 aliphatic rings. The van der Waals surface area contributed by atoms with E-state index in [1.165, 1.54) is 7.11 Å². The Kier molecular flexibility index (Phi) is 5.15. The Hall–Kier alpha value is -1.10. The van der Waals surface area contributed by atoms with Crippen LogP contribution in [0.2, 0.25) is 0 Å². The first-order valence-corrected chi connectivity index (χ1v) is 4.54. The Morgan fingerprint density at radius 1 is 1.29 bits per heavy atom. The van der Waals surface area contributed by atoms with Crippen molar-refractivity contribution in [2.45, 2.75) is 32.9 Å². The molecule has 0 rings (SSSR count). The standard InChI is InChI=1S/C9H18N2O3/c1-5(2)7(10)8(12)11-6(3)9(13)14-4/h5-7H,10H2,1-4H3,(H,11,12)/t6-,7+/m1/s1. The minimum absolute atomic E-state index is 0.0415. The number of ether oxygens (including phenoxy) is 1. The van der Waals surface area contributed by atoms with Crippen molar-refractivity contribution in [3.8, 4) is 0 Å². The molecule has 0 spiro atoms. The summed E-state index contributed by atoms with van der Waals surface area (Å²) >= 11 is 0.